The average molecular weight is 446 g/mol. The van der Waals surface area contributed by atoms with E-state index in [2.05, 4.69) is 22.2 Å². The van der Waals surface area contributed by atoms with Gasteiger partial charge < -0.3 is 10.1 Å². The van der Waals surface area contributed by atoms with Gasteiger partial charge in [0.2, 0.25) is 5.91 Å². The summed E-state index contributed by atoms with van der Waals surface area (Å²) in [4.78, 5) is 21.8. The van der Waals surface area contributed by atoms with Gasteiger partial charge in [-0.2, -0.15) is 0 Å². The molecule has 1 N–H and O–H groups in total. The third-order valence-electron chi connectivity index (χ3n) is 7.72. The Kier molecular flexibility index (Phi) is 5.04. The zero-order valence-electron chi connectivity index (χ0n) is 18.7. The van der Waals surface area contributed by atoms with E-state index >= 15 is 0 Å². The van der Waals surface area contributed by atoms with Crippen molar-refractivity contribution in [1.82, 2.24) is 9.97 Å². The number of rotatable bonds is 7. The number of pyridine rings is 2. The van der Waals surface area contributed by atoms with Crippen molar-refractivity contribution in [1.29, 1.82) is 0 Å². The molecule has 6 heteroatoms. The van der Waals surface area contributed by atoms with Gasteiger partial charge in [0, 0.05) is 29.1 Å². The molecule has 2 aromatic heterocycles. The summed E-state index contributed by atoms with van der Waals surface area (Å²) in [6.45, 7) is 2.10. The van der Waals surface area contributed by atoms with Crippen LogP contribution in [0.4, 0.5) is 10.1 Å². The lowest BCUT2D eigenvalue weighted by molar-refractivity contribution is -0.121. The van der Waals surface area contributed by atoms with E-state index in [0.717, 1.165) is 36.2 Å². The molecule has 3 aliphatic carbocycles. The minimum atomic E-state index is -0.288. The molecule has 1 unspecified atom stereocenters. The number of fused-ring (bicyclic) bond motifs is 2. The second-order valence-electron chi connectivity index (χ2n) is 9.84. The molecule has 5 nitrogen and oxygen atoms in total. The first-order chi connectivity index (χ1) is 16.1. The molecule has 3 aromatic rings. The molecule has 170 valence electrons. The molecule has 0 aliphatic heterocycles. The normalized spacial score (nSPS) is 26.6. The first-order valence-electron chi connectivity index (χ1n) is 12.1. The van der Waals surface area contributed by atoms with Gasteiger partial charge in [0.15, 0.2) is 0 Å². The number of nitrogens with zero attached hydrogens (tertiary/aromatic N) is 2. The molecule has 2 heterocycles. The molecule has 3 fully saturated rings. The van der Waals surface area contributed by atoms with Crippen LogP contribution in [-0.2, 0) is 4.79 Å². The molecule has 0 spiro atoms. The van der Waals surface area contributed by atoms with Crippen LogP contribution in [0.1, 0.15) is 50.6 Å². The summed E-state index contributed by atoms with van der Waals surface area (Å²) in [6, 6.07) is 10.4. The minimum Gasteiger partial charge on any atom is -0.490 e. The average Bonchev–Trinajstić information content (AvgIpc) is 3.73. The number of carbonyl (C=O) groups is 1. The summed E-state index contributed by atoms with van der Waals surface area (Å²) >= 11 is 0. The predicted octanol–water partition coefficient (Wildman–Crippen LogP) is 5.71. The third kappa shape index (κ3) is 3.96. The van der Waals surface area contributed by atoms with Gasteiger partial charge in [0.25, 0.3) is 0 Å². The number of nitrogens with one attached hydrogen (secondary N) is 1. The summed E-state index contributed by atoms with van der Waals surface area (Å²) in [6.07, 6.45) is 8.75. The van der Waals surface area contributed by atoms with Gasteiger partial charge in [-0.3, -0.25) is 14.8 Å². The highest BCUT2D eigenvalue weighted by Crippen LogP contribution is 2.62. The number of hydrogen-bond donors (Lipinski definition) is 1. The highest BCUT2D eigenvalue weighted by molar-refractivity contribution is 5.93. The number of amides is 1. The van der Waals surface area contributed by atoms with Crippen molar-refractivity contribution in [3.63, 3.8) is 0 Å². The smallest absolute Gasteiger partial charge is 0.227 e. The maximum absolute atomic E-state index is 13.7. The Morgan fingerprint density at radius 3 is 2.67 bits per heavy atom. The first-order valence-corrected chi connectivity index (χ1v) is 12.1. The third-order valence-corrected chi connectivity index (χ3v) is 7.72. The van der Waals surface area contributed by atoms with Crippen LogP contribution in [0.5, 0.6) is 5.75 Å². The van der Waals surface area contributed by atoms with Crippen LogP contribution >= 0.6 is 0 Å². The van der Waals surface area contributed by atoms with Crippen molar-refractivity contribution >= 4 is 22.5 Å². The van der Waals surface area contributed by atoms with Crippen molar-refractivity contribution in [2.75, 3.05) is 5.32 Å². The lowest BCUT2D eigenvalue weighted by atomic mass is 9.93. The van der Waals surface area contributed by atoms with E-state index in [1.807, 2.05) is 18.2 Å². The molecule has 1 aromatic carbocycles. The van der Waals surface area contributed by atoms with Gasteiger partial charge in [-0.05, 0) is 86.3 Å². The minimum absolute atomic E-state index is 0.0138. The number of hydrogen-bond acceptors (Lipinski definition) is 4. The van der Waals surface area contributed by atoms with Crippen LogP contribution in [0.2, 0.25) is 0 Å². The highest BCUT2D eigenvalue weighted by Gasteiger charge is 2.60. The van der Waals surface area contributed by atoms with Crippen LogP contribution in [0.25, 0.3) is 10.9 Å². The maximum Gasteiger partial charge on any atom is 0.227 e. The van der Waals surface area contributed by atoms with Gasteiger partial charge in [-0.15, -0.1) is 0 Å². The quantitative estimate of drug-likeness (QED) is 0.506. The second-order valence-corrected chi connectivity index (χ2v) is 9.84. The van der Waals surface area contributed by atoms with Crippen molar-refractivity contribution < 1.29 is 13.9 Å². The van der Waals surface area contributed by atoms with E-state index in [0.29, 0.717) is 34.8 Å². The van der Waals surface area contributed by atoms with Gasteiger partial charge >= 0.3 is 0 Å². The Bertz CT molecular complexity index is 1180. The summed E-state index contributed by atoms with van der Waals surface area (Å²) < 4.78 is 20.0. The lowest BCUT2D eigenvalue weighted by Crippen LogP contribution is -2.27. The molecule has 3 aliphatic rings. The monoisotopic (exact) mass is 445 g/mol. The van der Waals surface area contributed by atoms with Crippen molar-refractivity contribution in [3.05, 3.63) is 60.3 Å². The summed E-state index contributed by atoms with van der Waals surface area (Å²) in [5.74, 6) is 2.59. The number of aromatic nitrogens is 2. The maximum atomic E-state index is 13.7. The fourth-order valence-corrected chi connectivity index (χ4v) is 5.88. The van der Waals surface area contributed by atoms with E-state index < -0.39 is 0 Å². The summed E-state index contributed by atoms with van der Waals surface area (Å²) in [7, 11) is 0. The molecular formula is C27H28FN3O2. The molecule has 1 amide bonds. The van der Waals surface area contributed by atoms with Gasteiger partial charge in [-0.1, -0.05) is 6.92 Å². The molecule has 5 atom stereocenters. The topological polar surface area (TPSA) is 64.1 Å². The number of benzene rings is 1. The Balaban J connectivity index is 1.07. The van der Waals surface area contributed by atoms with Crippen LogP contribution in [0, 0.1) is 29.5 Å². The first kappa shape index (κ1) is 20.6. The van der Waals surface area contributed by atoms with Crippen LogP contribution in [0.3, 0.4) is 0 Å². The molecular weight excluding hydrogens is 417 g/mol. The Morgan fingerprint density at radius 2 is 1.97 bits per heavy atom. The second kappa shape index (κ2) is 8.08. The van der Waals surface area contributed by atoms with Crippen LogP contribution in [0.15, 0.2) is 48.8 Å². The van der Waals surface area contributed by atoms with Crippen molar-refractivity contribution in [3.8, 4) is 5.75 Å². The molecule has 33 heavy (non-hydrogen) atoms. The number of carbonyl (C=O) groups excluding carboxylic acids is 1. The molecule has 0 radical (unpaired) electrons. The highest BCUT2D eigenvalue weighted by atomic mass is 19.1. The van der Waals surface area contributed by atoms with E-state index in [9.17, 15) is 9.18 Å². The fraction of sp³-hybridized carbons (Fsp3) is 0.444. The largest absolute Gasteiger partial charge is 0.490 e. The molecule has 0 bridgehead atoms. The van der Waals surface area contributed by atoms with Crippen molar-refractivity contribution in [2.24, 2.45) is 23.7 Å². The number of anilines is 1. The van der Waals surface area contributed by atoms with Gasteiger partial charge in [0.1, 0.15) is 11.6 Å². The van der Waals surface area contributed by atoms with Gasteiger partial charge in [-0.25, -0.2) is 4.39 Å². The van der Waals surface area contributed by atoms with Gasteiger partial charge in [0.05, 0.1) is 23.5 Å². The summed E-state index contributed by atoms with van der Waals surface area (Å²) in [5, 5.41) is 3.80. The Labute approximate surface area is 192 Å². The Morgan fingerprint density at radius 1 is 1.15 bits per heavy atom. The zero-order valence-corrected chi connectivity index (χ0v) is 18.7. The standard InChI is InChI=1S/C27H28FN3O2/c1-2-19(27(32)31-17-6-8-23(30-14-17)15-3-4-15)26-20-12-18(13-21(20)26)33-25-9-10-29-24-7-5-16(28)11-22(24)25/h5-11,14-15,18-21,26H,2-4,12-13H2,1H3,(H,31,32)/t18-,19?,20+,21-,26-. The van der Waals surface area contributed by atoms with E-state index in [1.165, 1.54) is 25.0 Å². The van der Waals surface area contributed by atoms with Crippen LogP contribution < -0.4 is 10.1 Å². The zero-order chi connectivity index (χ0) is 22.5. The molecule has 3 saturated carbocycles. The van der Waals surface area contributed by atoms with Crippen molar-refractivity contribution in [2.45, 2.75) is 51.0 Å². The fourth-order valence-electron chi connectivity index (χ4n) is 5.88. The number of halogens is 1. The SMILES string of the molecule is CCC(C(=O)Nc1ccc(C2CC2)nc1)[C@H]1[C@@H]2C[C@H](Oc3ccnc4ccc(F)cc34)C[C@@H]21. The molecule has 6 rings (SSSR count). The Hall–Kier alpha value is -3.02. The van der Waals surface area contributed by atoms with E-state index in [4.69, 9.17) is 4.74 Å². The lowest BCUT2D eigenvalue weighted by Gasteiger charge is -2.21. The van der Waals surface area contributed by atoms with E-state index in [1.54, 1.807) is 18.5 Å². The van der Waals surface area contributed by atoms with Crippen LogP contribution in [-0.4, -0.2) is 22.0 Å². The molecule has 0 saturated heterocycles. The summed E-state index contributed by atoms with van der Waals surface area (Å²) in [5.41, 5.74) is 2.65. The van der Waals surface area contributed by atoms with E-state index in [-0.39, 0.29) is 23.7 Å². The predicted molar refractivity (Wildman–Crippen MR) is 124 cm³/mol. The number of ether oxygens (including phenoxy) is 1.